The van der Waals surface area contributed by atoms with Crippen LogP contribution in [0.3, 0.4) is 0 Å². The van der Waals surface area contributed by atoms with Crippen molar-refractivity contribution in [1.29, 1.82) is 0 Å². The SMILES string of the molecule is CC1CCCC(C(CN)N2CCC(C)C(C)C2)C1. The van der Waals surface area contributed by atoms with Crippen LogP contribution in [-0.2, 0) is 0 Å². The van der Waals surface area contributed by atoms with Gasteiger partial charge in [0.2, 0.25) is 0 Å². The minimum atomic E-state index is 0.655. The maximum Gasteiger partial charge on any atom is 0.0246 e. The van der Waals surface area contributed by atoms with Crippen LogP contribution in [0.4, 0.5) is 0 Å². The van der Waals surface area contributed by atoms with Crippen LogP contribution in [0.15, 0.2) is 0 Å². The summed E-state index contributed by atoms with van der Waals surface area (Å²) in [7, 11) is 0. The average Bonchev–Trinajstić information content (AvgIpc) is 2.35. The van der Waals surface area contributed by atoms with Gasteiger partial charge < -0.3 is 5.73 Å². The van der Waals surface area contributed by atoms with Gasteiger partial charge in [-0.15, -0.1) is 0 Å². The minimum absolute atomic E-state index is 0.655. The van der Waals surface area contributed by atoms with E-state index in [0.717, 1.165) is 30.2 Å². The molecule has 2 N–H and O–H groups in total. The van der Waals surface area contributed by atoms with Crippen LogP contribution in [-0.4, -0.2) is 30.6 Å². The molecular formula is C16H32N2. The lowest BCUT2D eigenvalue weighted by atomic mass is 9.77. The maximum absolute atomic E-state index is 6.12. The van der Waals surface area contributed by atoms with E-state index in [9.17, 15) is 0 Å². The van der Waals surface area contributed by atoms with Crippen LogP contribution >= 0.6 is 0 Å². The predicted octanol–water partition coefficient (Wildman–Crippen LogP) is 3.12. The number of piperidine rings is 1. The summed E-state index contributed by atoms with van der Waals surface area (Å²) in [6.45, 7) is 10.6. The van der Waals surface area contributed by atoms with Gasteiger partial charge in [0.1, 0.15) is 0 Å². The Bertz CT molecular complexity index is 253. The zero-order chi connectivity index (χ0) is 13.1. The summed E-state index contributed by atoms with van der Waals surface area (Å²) in [5.41, 5.74) is 6.12. The van der Waals surface area contributed by atoms with Gasteiger partial charge in [0.15, 0.2) is 0 Å². The molecule has 0 bridgehead atoms. The van der Waals surface area contributed by atoms with Crippen LogP contribution in [0.25, 0.3) is 0 Å². The Balaban J connectivity index is 1.95. The van der Waals surface area contributed by atoms with E-state index in [1.165, 1.54) is 45.2 Å². The number of hydrogen-bond donors (Lipinski definition) is 1. The highest BCUT2D eigenvalue weighted by molar-refractivity contribution is 4.87. The monoisotopic (exact) mass is 252 g/mol. The van der Waals surface area contributed by atoms with Crippen LogP contribution < -0.4 is 5.73 Å². The van der Waals surface area contributed by atoms with Crippen LogP contribution in [0.5, 0.6) is 0 Å². The van der Waals surface area contributed by atoms with Crippen molar-refractivity contribution >= 4 is 0 Å². The Kier molecular flexibility index (Phi) is 5.08. The van der Waals surface area contributed by atoms with E-state index >= 15 is 0 Å². The molecule has 0 amide bonds. The molecule has 0 spiro atoms. The molecule has 18 heavy (non-hydrogen) atoms. The Morgan fingerprint density at radius 1 is 1.11 bits per heavy atom. The zero-order valence-corrected chi connectivity index (χ0v) is 12.6. The predicted molar refractivity (Wildman–Crippen MR) is 78.5 cm³/mol. The molecule has 2 fully saturated rings. The van der Waals surface area contributed by atoms with Gasteiger partial charge in [-0.3, -0.25) is 4.90 Å². The standard InChI is InChI=1S/C16H32N2/c1-12-5-4-6-15(9-12)16(10-17)18-8-7-13(2)14(3)11-18/h12-16H,4-11,17H2,1-3H3. The lowest BCUT2D eigenvalue weighted by Crippen LogP contribution is -2.51. The summed E-state index contributed by atoms with van der Waals surface area (Å²) < 4.78 is 0. The first-order valence-corrected chi connectivity index (χ1v) is 8.06. The fourth-order valence-corrected chi connectivity index (χ4v) is 4.07. The van der Waals surface area contributed by atoms with Gasteiger partial charge in [-0.2, -0.15) is 0 Å². The van der Waals surface area contributed by atoms with E-state index in [1.807, 2.05) is 0 Å². The molecule has 2 rings (SSSR count). The summed E-state index contributed by atoms with van der Waals surface area (Å²) in [5, 5.41) is 0. The van der Waals surface area contributed by atoms with Gasteiger partial charge in [-0.25, -0.2) is 0 Å². The lowest BCUT2D eigenvalue weighted by molar-refractivity contribution is 0.0519. The largest absolute Gasteiger partial charge is 0.329 e. The first-order chi connectivity index (χ1) is 8.61. The maximum atomic E-state index is 6.12. The van der Waals surface area contributed by atoms with E-state index in [-0.39, 0.29) is 0 Å². The first kappa shape index (κ1) is 14.3. The number of nitrogens with zero attached hydrogens (tertiary/aromatic N) is 1. The molecule has 5 unspecified atom stereocenters. The average molecular weight is 252 g/mol. The summed E-state index contributed by atoms with van der Waals surface area (Å²) in [6.07, 6.45) is 7.03. The quantitative estimate of drug-likeness (QED) is 0.836. The molecule has 0 aromatic carbocycles. The van der Waals surface area contributed by atoms with Gasteiger partial charge >= 0.3 is 0 Å². The highest BCUT2D eigenvalue weighted by atomic mass is 15.2. The molecule has 2 aliphatic rings. The van der Waals surface area contributed by atoms with Gasteiger partial charge in [-0.1, -0.05) is 33.6 Å². The fraction of sp³-hybridized carbons (Fsp3) is 1.00. The van der Waals surface area contributed by atoms with Crippen molar-refractivity contribution in [2.24, 2.45) is 29.4 Å². The van der Waals surface area contributed by atoms with Gasteiger partial charge in [0.25, 0.3) is 0 Å². The third kappa shape index (κ3) is 3.27. The number of rotatable bonds is 3. The second-order valence-corrected chi connectivity index (χ2v) is 7.07. The molecule has 1 heterocycles. The number of nitrogens with two attached hydrogens (primary N) is 1. The Morgan fingerprint density at radius 2 is 1.89 bits per heavy atom. The van der Waals surface area contributed by atoms with Crippen LogP contribution in [0.2, 0.25) is 0 Å². The van der Waals surface area contributed by atoms with E-state index in [4.69, 9.17) is 5.73 Å². The molecule has 1 saturated carbocycles. The van der Waals surface area contributed by atoms with E-state index in [0.29, 0.717) is 6.04 Å². The van der Waals surface area contributed by atoms with Gasteiger partial charge in [0.05, 0.1) is 0 Å². The van der Waals surface area contributed by atoms with E-state index < -0.39 is 0 Å². The molecule has 2 nitrogen and oxygen atoms in total. The molecule has 1 aliphatic heterocycles. The van der Waals surface area contributed by atoms with Crippen molar-refractivity contribution in [2.45, 2.75) is 58.9 Å². The minimum Gasteiger partial charge on any atom is -0.329 e. The molecule has 106 valence electrons. The summed E-state index contributed by atoms with van der Waals surface area (Å²) >= 11 is 0. The molecule has 2 heteroatoms. The topological polar surface area (TPSA) is 29.3 Å². The third-order valence-corrected chi connectivity index (χ3v) is 5.60. The van der Waals surface area contributed by atoms with Crippen molar-refractivity contribution < 1.29 is 0 Å². The van der Waals surface area contributed by atoms with Crippen molar-refractivity contribution in [2.75, 3.05) is 19.6 Å². The van der Waals surface area contributed by atoms with Crippen molar-refractivity contribution in [1.82, 2.24) is 4.90 Å². The third-order valence-electron chi connectivity index (χ3n) is 5.60. The zero-order valence-electron chi connectivity index (χ0n) is 12.6. The summed E-state index contributed by atoms with van der Waals surface area (Å²) in [4.78, 5) is 2.72. The number of likely N-dealkylation sites (tertiary alicyclic amines) is 1. The summed E-state index contributed by atoms with van der Waals surface area (Å²) in [6, 6.07) is 0.655. The van der Waals surface area contributed by atoms with Crippen molar-refractivity contribution in [3.63, 3.8) is 0 Å². The first-order valence-electron chi connectivity index (χ1n) is 8.06. The van der Waals surface area contributed by atoms with Crippen molar-refractivity contribution in [3.05, 3.63) is 0 Å². The summed E-state index contributed by atoms with van der Waals surface area (Å²) in [5.74, 6) is 3.51. The molecule has 1 saturated heterocycles. The highest BCUT2D eigenvalue weighted by Gasteiger charge is 2.33. The highest BCUT2D eigenvalue weighted by Crippen LogP contribution is 2.34. The molecule has 0 aromatic rings. The smallest absolute Gasteiger partial charge is 0.0246 e. The molecule has 0 aromatic heterocycles. The Morgan fingerprint density at radius 3 is 2.50 bits per heavy atom. The van der Waals surface area contributed by atoms with Crippen molar-refractivity contribution in [3.8, 4) is 0 Å². The van der Waals surface area contributed by atoms with Gasteiger partial charge in [0, 0.05) is 19.1 Å². The second-order valence-electron chi connectivity index (χ2n) is 7.07. The second kappa shape index (κ2) is 6.38. The Labute approximate surface area is 113 Å². The van der Waals surface area contributed by atoms with Gasteiger partial charge in [-0.05, 0) is 49.5 Å². The molecule has 5 atom stereocenters. The van der Waals surface area contributed by atoms with E-state index in [1.54, 1.807) is 0 Å². The fourth-order valence-electron chi connectivity index (χ4n) is 4.07. The number of hydrogen-bond acceptors (Lipinski definition) is 2. The molecular weight excluding hydrogens is 220 g/mol. The van der Waals surface area contributed by atoms with E-state index in [2.05, 4.69) is 25.7 Å². The normalized spacial score (nSPS) is 40.7. The van der Waals surface area contributed by atoms with Crippen LogP contribution in [0, 0.1) is 23.7 Å². The molecule has 0 radical (unpaired) electrons. The van der Waals surface area contributed by atoms with Crippen LogP contribution in [0.1, 0.15) is 52.9 Å². The Hall–Kier alpha value is -0.0800. The molecule has 1 aliphatic carbocycles. The lowest BCUT2D eigenvalue weighted by Gasteiger charge is -2.44.